The molecule has 1 saturated heterocycles. The predicted octanol–water partition coefficient (Wildman–Crippen LogP) is 1.34. The van der Waals surface area contributed by atoms with Crippen LogP contribution in [0.5, 0.6) is 0 Å². The summed E-state index contributed by atoms with van der Waals surface area (Å²) >= 11 is 0. The van der Waals surface area contributed by atoms with Gasteiger partial charge in [-0.05, 0) is 32.8 Å². The Morgan fingerprint density at radius 2 is 2.00 bits per heavy atom. The molecule has 3 aromatic heterocycles. The van der Waals surface area contributed by atoms with E-state index in [0.29, 0.717) is 11.6 Å². The van der Waals surface area contributed by atoms with Crippen LogP contribution in [0.2, 0.25) is 0 Å². The molecule has 1 aliphatic heterocycles. The molecule has 0 unspecified atom stereocenters. The van der Waals surface area contributed by atoms with E-state index in [2.05, 4.69) is 25.2 Å². The summed E-state index contributed by atoms with van der Waals surface area (Å²) in [6.45, 7) is 5.40. The van der Waals surface area contributed by atoms with Crippen molar-refractivity contribution in [3.8, 4) is 11.4 Å². The first-order chi connectivity index (χ1) is 11.0. The SMILES string of the molecule is CC(C)(O)c1nc(-c2cnn3ccc(N4CCCC4)nc23)n[nH]1. The molecule has 0 aromatic carbocycles. The van der Waals surface area contributed by atoms with E-state index in [-0.39, 0.29) is 0 Å². The molecule has 0 bridgehead atoms. The predicted molar refractivity (Wildman–Crippen MR) is 85.1 cm³/mol. The first kappa shape index (κ1) is 14.1. The zero-order valence-electron chi connectivity index (χ0n) is 13.2. The molecular weight excluding hydrogens is 294 g/mol. The second kappa shape index (κ2) is 5.02. The minimum Gasteiger partial charge on any atom is -0.382 e. The summed E-state index contributed by atoms with van der Waals surface area (Å²) in [4.78, 5) is 11.4. The monoisotopic (exact) mass is 313 g/mol. The highest BCUT2D eigenvalue weighted by Gasteiger charge is 2.23. The number of H-pyrrole nitrogens is 1. The lowest BCUT2D eigenvalue weighted by Crippen LogP contribution is -2.19. The first-order valence-electron chi connectivity index (χ1n) is 7.77. The van der Waals surface area contributed by atoms with Gasteiger partial charge in [0.25, 0.3) is 0 Å². The molecule has 2 N–H and O–H groups in total. The molecule has 8 heteroatoms. The number of hydrogen-bond donors (Lipinski definition) is 2. The van der Waals surface area contributed by atoms with E-state index in [1.165, 1.54) is 12.8 Å². The highest BCUT2D eigenvalue weighted by Crippen LogP contribution is 2.25. The standard InChI is InChI=1S/C15H19N7O/c1-15(2,23)14-18-12(19-20-14)10-9-16-22-8-5-11(17-13(10)22)21-6-3-4-7-21/h5,8-9,23H,3-4,6-7H2,1-2H3,(H,18,19,20). The van der Waals surface area contributed by atoms with E-state index in [0.717, 1.165) is 30.1 Å². The lowest BCUT2D eigenvalue weighted by molar-refractivity contribution is 0.0692. The van der Waals surface area contributed by atoms with Gasteiger partial charge in [-0.3, -0.25) is 5.10 Å². The first-order valence-corrected chi connectivity index (χ1v) is 7.77. The fourth-order valence-corrected chi connectivity index (χ4v) is 2.80. The van der Waals surface area contributed by atoms with E-state index < -0.39 is 5.60 Å². The molecule has 3 aromatic rings. The summed E-state index contributed by atoms with van der Waals surface area (Å²) in [6, 6.07) is 1.98. The van der Waals surface area contributed by atoms with Crippen LogP contribution >= 0.6 is 0 Å². The van der Waals surface area contributed by atoms with Gasteiger partial charge in [0.2, 0.25) is 0 Å². The number of rotatable bonds is 3. The van der Waals surface area contributed by atoms with Gasteiger partial charge in [-0.25, -0.2) is 14.5 Å². The molecule has 0 radical (unpaired) electrons. The molecule has 1 fully saturated rings. The summed E-state index contributed by atoms with van der Waals surface area (Å²) in [7, 11) is 0. The molecule has 0 spiro atoms. The van der Waals surface area contributed by atoms with E-state index >= 15 is 0 Å². The molecule has 4 rings (SSSR count). The van der Waals surface area contributed by atoms with Crippen LogP contribution in [0.3, 0.4) is 0 Å². The fourth-order valence-electron chi connectivity index (χ4n) is 2.80. The van der Waals surface area contributed by atoms with Crippen molar-refractivity contribution < 1.29 is 5.11 Å². The molecule has 0 atom stereocenters. The maximum Gasteiger partial charge on any atom is 0.186 e. The summed E-state index contributed by atoms with van der Waals surface area (Å²) in [5.41, 5.74) is 0.399. The second-order valence-electron chi connectivity index (χ2n) is 6.37. The Hall–Kier alpha value is -2.48. The van der Waals surface area contributed by atoms with Crippen LogP contribution in [-0.4, -0.2) is 48.0 Å². The van der Waals surface area contributed by atoms with Crippen molar-refractivity contribution in [2.75, 3.05) is 18.0 Å². The van der Waals surface area contributed by atoms with Crippen molar-refractivity contribution in [2.45, 2.75) is 32.3 Å². The van der Waals surface area contributed by atoms with Crippen molar-refractivity contribution >= 4 is 11.5 Å². The van der Waals surface area contributed by atoms with Gasteiger partial charge in [-0.2, -0.15) is 10.2 Å². The highest BCUT2D eigenvalue weighted by atomic mass is 16.3. The zero-order chi connectivity index (χ0) is 16.0. The van der Waals surface area contributed by atoms with Crippen molar-refractivity contribution in [1.82, 2.24) is 29.8 Å². The molecule has 120 valence electrons. The molecule has 0 amide bonds. The summed E-state index contributed by atoms with van der Waals surface area (Å²) in [5.74, 6) is 1.86. The number of aromatic amines is 1. The minimum absolute atomic E-state index is 0.419. The third-order valence-electron chi connectivity index (χ3n) is 4.09. The fraction of sp³-hybridized carbons (Fsp3) is 0.467. The van der Waals surface area contributed by atoms with Gasteiger partial charge < -0.3 is 10.0 Å². The van der Waals surface area contributed by atoms with Crippen LogP contribution < -0.4 is 4.90 Å². The van der Waals surface area contributed by atoms with Crippen molar-refractivity contribution in [2.24, 2.45) is 0 Å². The van der Waals surface area contributed by atoms with Crippen molar-refractivity contribution in [1.29, 1.82) is 0 Å². The number of nitrogens with one attached hydrogen (secondary N) is 1. The smallest absolute Gasteiger partial charge is 0.186 e. The highest BCUT2D eigenvalue weighted by molar-refractivity contribution is 5.73. The molecule has 8 nitrogen and oxygen atoms in total. The average Bonchev–Trinajstić information content (AvgIpc) is 3.25. The molecule has 0 saturated carbocycles. The quantitative estimate of drug-likeness (QED) is 0.757. The van der Waals surface area contributed by atoms with E-state index in [1.54, 1.807) is 24.6 Å². The number of fused-ring (bicyclic) bond motifs is 1. The Morgan fingerprint density at radius 1 is 1.22 bits per heavy atom. The van der Waals surface area contributed by atoms with Crippen molar-refractivity contribution in [3.05, 3.63) is 24.3 Å². The number of nitrogens with zero attached hydrogens (tertiary/aromatic N) is 6. The third-order valence-corrected chi connectivity index (χ3v) is 4.09. The summed E-state index contributed by atoms with van der Waals surface area (Å²) < 4.78 is 1.72. The third kappa shape index (κ3) is 2.44. The Bertz CT molecular complexity index is 839. The van der Waals surface area contributed by atoms with E-state index in [1.807, 2.05) is 12.3 Å². The maximum absolute atomic E-state index is 10.0. The molecule has 1 aliphatic rings. The van der Waals surface area contributed by atoms with Gasteiger partial charge in [-0.1, -0.05) is 0 Å². The molecule has 0 aliphatic carbocycles. The number of anilines is 1. The average molecular weight is 313 g/mol. The molecular formula is C15H19N7O. The van der Waals surface area contributed by atoms with Crippen molar-refractivity contribution in [3.63, 3.8) is 0 Å². The number of hydrogen-bond acceptors (Lipinski definition) is 6. The Morgan fingerprint density at radius 3 is 2.70 bits per heavy atom. The summed E-state index contributed by atoms with van der Waals surface area (Å²) in [5, 5.41) is 21.3. The van der Waals surface area contributed by atoms with Gasteiger partial charge in [0.05, 0.1) is 11.8 Å². The number of aromatic nitrogens is 6. The lowest BCUT2D eigenvalue weighted by Gasteiger charge is -2.15. The van der Waals surface area contributed by atoms with Crippen LogP contribution in [0.15, 0.2) is 18.5 Å². The minimum atomic E-state index is -1.07. The van der Waals surface area contributed by atoms with Crippen LogP contribution in [-0.2, 0) is 5.60 Å². The molecule has 23 heavy (non-hydrogen) atoms. The Balaban J connectivity index is 1.77. The lowest BCUT2D eigenvalue weighted by atomic mass is 10.1. The zero-order valence-corrected chi connectivity index (χ0v) is 13.2. The van der Waals surface area contributed by atoms with Crippen LogP contribution in [0.1, 0.15) is 32.5 Å². The van der Waals surface area contributed by atoms with E-state index in [9.17, 15) is 5.11 Å². The van der Waals surface area contributed by atoms with Gasteiger partial charge in [0.1, 0.15) is 11.4 Å². The second-order valence-corrected chi connectivity index (χ2v) is 6.37. The van der Waals surface area contributed by atoms with Gasteiger partial charge in [-0.15, -0.1) is 0 Å². The molecule has 4 heterocycles. The topological polar surface area (TPSA) is 95.2 Å². The van der Waals surface area contributed by atoms with Crippen LogP contribution in [0.25, 0.3) is 17.0 Å². The van der Waals surface area contributed by atoms with Gasteiger partial charge in [0, 0.05) is 19.3 Å². The van der Waals surface area contributed by atoms with Gasteiger partial charge in [0.15, 0.2) is 17.3 Å². The van der Waals surface area contributed by atoms with Crippen LogP contribution in [0, 0.1) is 0 Å². The van der Waals surface area contributed by atoms with Gasteiger partial charge >= 0.3 is 0 Å². The van der Waals surface area contributed by atoms with Crippen LogP contribution in [0.4, 0.5) is 5.82 Å². The largest absolute Gasteiger partial charge is 0.382 e. The summed E-state index contributed by atoms with van der Waals surface area (Å²) in [6.07, 6.45) is 6.01. The normalized spacial score (nSPS) is 15.7. The Labute approximate surface area is 133 Å². The van der Waals surface area contributed by atoms with E-state index in [4.69, 9.17) is 4.98 Å². The number of aliphatic hydroxyl groups is 1. The maximum atomic E-state index is 10.0. The Kier molecular flexibility index (Phi) is 3.08.